The number of rotatable bonds is 4. The molecule has 0 aromatic heterocycles. The van der Waals surface area contributed by atoms with Crippen LogP contribution >= 0.6 is 0 Å². The van der Waals surface area contributed by atoms with Crippen molar-refractivity contribution in [1.82, 2.24) is 5.06 Å². The van der Waals surface area contributed by atoms with Crippen molar-refractivity contribution in [3.8, 4) is 0 Å². The second-order valence-corrected chi connectivity index (χ2v) is 3.38. The van der Waals surface area contributed by atoms with E-state index in [0.717, 1.165) is 5.06 Å². The van der Waals surface area contributed by atoms with Crippen molar-refractivity contribution in [3.05, 3.63) is 0 Å². The van der Waals surface area contributed by atoms with E-state index in [1.807, 2.05) is 0 Å². The molecule has 0 saturated carbocycles. The third-order valence-corrected chi connectivity index (χ3v) is 1.60. The van der Waals surface area contributed by atoms with Crippen molar-refractivity contribution in [2.24, 2.45) is 0 Å². The fraction of sp³-hybridized carbons (Fsp3) is 0.750. The highest BCUT2D eigenvalue weighted by atomic mass is 16.7. The van der Waals surface area contributed by atoms with E-state index in [1.54, 1.807) is 13.8 Å². The molecule has 0 fully saturated rings. The standard InChI is InChI=1S/C8H15NO4/c1-6(10)9(13-4)8(2,3)5-7(11)12/h5H2,1-4H3,(H,11,12). The number of carboxylic acids is 1. The van der Waals surface area contributed by atoms with Crippen molar-refractivity contribution in [2.45, 2.75) is 32.7 Å². The lowest BCUT2D eigenvalue weighted by molar-refractivity contribution is -0.204. The minimum absolute atomic E-state index is 0.152. The Kier molecular flexibility index (Phi) is 3.87. The van der Waals surface area contributed by atoms with Gasteiger partial charge >= 0.3 is 5.97 Å². The second-order valence-electron chi connectivity index (χ2n) is 3.38. The Bertz CT molecular complexity index is 212. The molecule has 5 nitrogen and oxygen atoms in total. The topological polar surface area (TPSA) is 66.8 Å². The van der Waals surface area contributed by atoms with Gasteiger partial charge < -0.3 is 5.11 Å². The molecule has 0 unspecified atom stereocenters. The summed E-state index contributed by atoms with van der Waals surface area (Å²) in [6, 6.07) is 0. The predicted molar refractivity (Wildman–Crippen MR) is 45.9 cm³/mol. The van der Waals surface area contributed by atoms with E-state index >= 15 is 0 Å². The summed E-state index contributed by atoms with van der Waals surface area (Å²) in [5.74, 6) is -1.28. The Hall–Kier alpha value is -1.10. The lowest BCUT2D eigenvalue weighted by Gasteiger charge is -2.34. The van der Waals surface area contributed by atoms with Crippen LogP contribution in [0.2, 0.25) is 0 Å². The average molecular weight is 189 g/mol. The van der Waals surface area contributed by atoms with Crippen molar-refractivity contribution >= 4 is 11.9 Å². The molecule has 5 heteroatoms. The highest BCUT2D eigenvalue weighted by Crippen LogP contribution is 2.18. The van der Waals surface area contributed by atoms with Gasteiger partial charge in [0.25, 0.3) is 0 Å². The molecule has 1 N–H and O–H groups in total. The van der Waals surface area contributed by atoms with Crippen LogP contribution in [0, 0.1) is 0 Å². The molecule has 0 rings (SSSR count). The lowest BCUT2D eigenvalue weighted by atomic mass is 10.0. The number of hydroxylamine groups is 2. The summed E-state index contributed by atoms with van der Waals surface area (Å²) in [6.45, 7) is 4.59. The van der Waals surface area contributed by atoms with Gasteiger partial charge in [-0.3, -0.25) is 14.4 Å². The van der Waals surface area contributed by atoms with Crippen LogP contribution in [-0.2, 0) is 14.4 Å². The molecule has 0 aromatic carbocycles. The smallest absolute Gasteiger partial charge is 0.305 e. The number of carbonyl (C=O) groups excluding carboxylic acids is 1. The first kappa shape index (κ1) is 11.9. The molecule has 0 aromatic rings. The summed E-state index contributed by atoms with van der Waals surface area (Å²) < 4.78 is 0. The number of carbonyl (C=O) groups is 2. The van der Waals surface area contributed by atoms with Crippen LogP contribution in [0.15, 0.2) is 0 Å². The van der Waals surface area contributed by atoms with Gasteiger partial charge in [-0.25, -0.2) is 5.06 Å². The van der Waals surface area contributed by atoms with Gasteiger partial charge in [-0.1, -0.05) is 0 Å². The monoisotopic (exact) mass is 189 g/mol. The normalized spacial score (nSPS) is 11.1. The highest BCUT2D eigenvalue weighted by Gasteiger charge is 2.31. The van der Waals surface area contributed by atoms with Crippen molar-refractivity contribution < 1.29 is 19.5 Å². The Balaban J connectivity index is 4.56. The summed E-state index contributed by atoms with van der Waals surface area (Å²) in [5, 5.41) is 9.64. The van der Waals surface area contributed by atoms with Crippen molar-refractivity contribution in [1.29, 1.82) is 0 Å². The minimum atomic E-state index is -0.965. The van der Waals surface area contributed by atoms with E-state index in [-0.39, 0.29) is 12.3 Å². The zero-order valence-corrected chi connectivity index (χ0v) is 8.33. The molecule has 0 bridgehead atoms. The summed E-state index contributed by atoms with van der Waals surface area (Å²) in [6.07, 6.45) is -0.152. The summed E-state index contributed by atoms with van der Waals surface area (Å²) >= 11 is 0. The van der Waals surface area contributed by atoms with E-state index in [4.69, 9.17) is 9.94 Å². The van der Waals surface area contributed by atoms with Crippen LogP contribution in [0.25, 0.3) is 0 Å². The third kappa shape index (κ3) is 3.42. The Morgan fingerprint density at radius 3 is 2.15 bits per heavy atom. The first-order valence-corrected chi connectivity index (χ1v) is 3.88. The zero-order chi connectivity index (χ0) is 10.6. The molecular weight excluding hydrogens is 174 g/mol. The molecule has 0 aliphatic carbocycles. The molecule has 76 valence electrons. The van der Waals surface area contributed by atoms with E-state index in [9.17, 15) is 9.59 Å². The minimum Gasteiger partial charge on any atom is -0.481 e. The zero-order valence-electron chi connectivity index (χ0n) is 8.33. The molecule has 0 aliphatic rings. The molecule has 1 amide bonds. The van der Waals surface area contributed by atoms with Crippen LogP contribution in [0.5, 0.6) is 0 Å². The van der Waals surface area contributed by atoms with Gasteiger partial charge in [-0.05, 0) is 13.8 Å². The van der Waals surface area contributed by atoms with Crippen LogP contribution in [0.1, 0.15) is 27.2 Å². The fourth-order valence-electron chi connectivity index (χ4n) is 1.24. The number of hydrogen-bond donors (Lipinski definition) is 1. The second kappa shape index (κ2) is 4.23. The van der Waals surface area contributed by atoms with Crippen molar-refractivity contribution in [2.75, 3.05) is 7.11 Å². The summed E-state index contributed by atoms with van der Waals surface area (Å²) in [5.41, 5.74) is -0.827. The number of nitrogens with zero attached hydrogens (tertiary/aromatic N) is 1. The van der Waals surface area contributed by atoms with Gasteiger partial charge in [-0.15, -0.1) is 0 Å². The largest absolute Gasteiger partial charge is 0.481 e. The molecular formula is C8H15NO4. The molecule has 0 aliphatic heterocycles. The molecule has 0 spiro atoms. The first-order chi connectivity index (χ1) is 5.81. The number of carboxylic acid groups (broad SMARTS) is 1. The van der Waals surface area contributed by atoms with Gasteiger partial charge in [-0.2, -0.15) is 0 Å². The predicted octanol–water partition coefficient (Wildman–Crippen LogP) is 0.650. The van der Waals surface area contributed by atoms with Gasteiger partial charge in [0.15, 0.2) is 0 Å². The first-order valence-electron chi connectivity index (χ1n) is 3.88. The van der Waals surface area contributed by atoms with Crippen LogP contribution in [0.3, 0.4) is 0 Å². The quantitative estimate of drug-likeness (QED) is 0.659. The van der Waals surface area contributed by atoms with Crippen LogP contribution < -0.4 is 0 Å². The SMILES string of the molecule is CON(C(C)=O)C(C)(C)CC(=O)O. The highest BCUT2D eigenvalue weighted by molar-refractivity contribution is 5.75. The number of aliphatic carboxylic acids is 1. The van der Waals surface area contributed by atoms with Gasteiger partial charge in [0.2, 0.25) is 5.91 Å². The molecule has 0 saturated heterocycles. The van der Waals surface area contributed by atoms with E-state index in [0.29, 0.717) is 0 Å². The van der Waals surface area contributed by atoms with E-state index in [1.165, 1.54) is 14.0 Å². The number of hydrogen-bond acceptors (Lipinski definition) is 3. The summed E-state index contributed by atoms with van der Waals surface area (Å²) in [7, 11) is 1.34. The fourth-order valence-corrected chi connectivity index (χ4v) is 1.24. The Morgan fingerprint density at radius 1 is 1.46 bits per heavy atom. The molecule has 0 radical (unpaired) electrons. The summed E-state index contributed by atoms with van der Waals surface area (Å²) in [4.78, 5) is 26.3. The molecule has 13 heavy (non-hydrogen) atoms. The Morgan fingerprint density at radius 2 is 1.92 bits per heavy atom. The van der Waals surface area contributed by atoms with Gasteiger partial charge in [0.1, 0.15) is 0 Å². The van der Waals surface area contributed by atoms with Gasteiger partial charge in [0.05, 0.1) is 19.1 Å². The Labute approximate surface area is 77.2 Å². The lowest BCUT2D eigenvalue weighted by Crippen LogP contribution is -2.47. The molecule has 0 heterocycles. The van der Waals surface area contributed by atoms with Crippen LogP contribution in [0.4, 0.5) is 0 Å². The maximum Gasteiger partial charge on any atom is 0.305 e. The van der Waals surface area contributed by atoms with Gasteiger partial charge in [0, 0.05) is 6.92 Å². The average Bonchev–Trinajstić information content (AvgIpc) is 1.82. The number of amides is 1. The maximum atomic E-state index is 11.0. The van der Waals surface area contributed by atoms with Crippen molar-refractivity contribution in [3.63, 3.8) is 0 Å². The maximum absolute atomic E-state index is 11.0. The molecule has 0 atom stereocenters. The van der Waals surface area contributed by atoms with Crippen LogP contribution in [-0.4, -0.2) is 34.7 Å². The van der Waals surface area contributed by atoms with E-state index < -0.39 is 11.5 Å². The third-order valence-electron chi connectivity index (χ3n) is 1.60. The van der Waals surface area contributed by atoms with E-state index in [2.05, 4.69) is 0 Å².